The van der Waals surface area contributed by atoms with Crippen LogP contribution >= 0.6 is 11.3 Å². The van der Waals surface area contributed by atoms with E-state index in [9.17, 15) is 0 Å². The quantitative estimate of drug-likeness (QED) is 0.192. The van der Waals surface area contributed by atoms with Crippen molar-refractivity contribution in [3.63, 3.8) is 0 Å². The molecule has 0 unspecified atom stereocenters. The molecule has 0 atom stereocenters. The first-order valence-corrected chi connectivity index (χ1v) is 17.5. The fraction of sp³-hybridized carbons (Fsp3) is 0.0455. The van der Waals surface area contributed by atoms with Crippen LogP contribution in [0.1, 0.15) is 18.5 Å². The Labute approximate surface area is 284 Å². The number of fused-ring (bicyclic) bond motifs is 10. The van der Waals surface area contributed by atoms with Gasteiger partial charge in [-0.2, -0.15) is 0 Å². The first-order chi connectivity index (χ1) is 24.3. The van der Waals surface area contributed by atoms with E-state index in [1.807, 2.05) is 11.3 Å². The number of aromatic nitrogens is 3. The summed E-state index contributed by atoms with van der Waals surface area (Å²) in [5, 5.41) is 8.36. The number of allylic oxidation sites excluding steroid dienone is 4. The molecule has 4 aromatic heterocycles. The minimum Gasteiger partial charge on any atom is -0.436 e. The van der Waals surface area contributed by atoms with Crippen LogP contribution in [0, 0.1) is 0 Å². The molecule has 11 rings (SSSR count). The molecule has 0 fully saturated rings. The lowest BCUT2D eigenvalue weighted by Crippen LogP contribution is -2.05. The molecule has 6 aromatic carbocycles. The van der Waals surface area contributed by atoms with Gasteiger partial charge < -0.3 is 4.42 Å². The summed E-state index contributed by atoms with van der Waals surface area (Å²) in [6.07, 6.45) is 8.67. The first-order valence-electron chi connectivity index (χ1n) is 16.7. The molecule has 0 spiro atoms. The smallest absolute Gasteiger partial charge is 0.247 e. The van der Waals surface area contributed by atoms with Crippen LogP contribution in [0.3, 0.4) is 0 Å². The molecule has 0 bridgehead atoms. The van der Waals surface area contributed by atoms with Crippen LogP contribution in [0.2, 0.25) is 0 Å². The minimum atomic E-state index is 0.552. The van der Waals surface area contributed by atoms with E-state index in [-0.39, 0.29) is 0 Å². The minimum absolute atomic E-state index is 0.552. The Kier molecular flexibility index (Phi) is 5.63. The third-order valence-electron chi connectivity index (χ3n) is 10.0. The summed E-state index contributed by atoms with van der Waals surface area (Å²) in [5.41, 5.74) is 8.49. The Morgan fingerprint density at radius 3 is 2.27 bits per heavy atom. The lowest BCUT2D eigenvalue weighted by atomic mass is 10.0. The number of hydrogen-bond acceptors (Lipinski definition) is 4. The molecular weight excluding hydrogens is 619 g/mol. The second kappa shape index (κ2) is 10.2. The SMILES string of the molecule is C1=CC(c2nc3oc4cc(-c5ccc6sc7ccccc7c6c5)ccc4c3nc2-n2c3ccccc3c3cc4ccccc4cc32)=CCC1. The molecule has 0 N–H and O–H groups in total. The first kappa shape index (κ1) is 27.0. The van der Waals surface area contributed by atoms with Crippen molar-refractivity contribution >= 4 is 91.9 Å². The van der Waals surface area contributed by atoms with Gasteiger partial charge in [0.25, 0.3) is 0 Å². The molecule has 0 radical (unpaired) electrons. The van der Waals surface area contributed by atoms with Gasteiger partial charge in [0.2, 0.25) is 5.71 Å². The number of nitrogens with zero attached hydrogens (tertiary/aromatic N) is 3. The summed E-state index contributed by atoms with van der Waals surface area (Å²) >= 11 is 1.84. The summed E-state index contributed by atoms with van der Waals surface area (Å²) < 4.78 is 11.5. The highest BCUT2D eigenvalue weighted by Gasteiger charge is 2.23. The molecule has 1 aliphatic carbocycles. The Balaban J connectivity index is 1.16. The summed E-state index contributed by atoms with van der Waals surface area (Å²) in [7, 11) is 0. The maximum absolute atomic E-state index is 6.56. The normalized spacial score (nSPS) is 13.6. The number of hydrogen-bond donors (Lipinski definition) is 0. The number of rotatable bonds is 3. The van der Waals surface area contributed by atoms with E-state index in [1.54, 1.807) is 0 Å². The Hall–Kier alpha value is -6.04. The predicted octanol–water partition coefficient (Wildman–Crippen LogP) is 12.4. The van der Waals surface area contributed by atoms with Crippen molar-refractivity contribution in [2.75, 3.05) is 0 Å². The van der Waals surface area contributed by atoms with E-state index in [1.165, 1.54) is 41.7 Å². The maximum atomic E-state index is 6.56. The van der Waals surface area contributed by atoms with Crippen molar-refractivity contribution in [3.05, 3.63) is 145 Å². The van der Waals surface area contributed by atoms with Gasteiger partial charge in [-0.3, -0.25) is 4.57 Å². The summed E-state index contributed by atoms with van der Waals surface area (Å²) in [5.74, 6) is 0.813. The Bertz CT molecular complexity index is 3060. The topological polar surface area (TPSA) is 43.9 Å². The van der Waals surface area contributed by atoms with Crippen LogP contribution in [0.15, 0.2) is 144 Å². The average Bonchev–Trinajstić information content (AvgIpc) is 3.82. The zero-order valence-corrected chi connectivity index (χ0v) is 27.2. The zero-order chi connectivity index (χ0) is 32.1. The molecule has 4 heterocycles. The van der Waals surface area contributed by atoms with E-state index in [0.717, 1.165) is 68.6 Å². The lowest BCUT2D eigenvalue weighted by molar-refractivity contribution is 0.652. The average molecular weight is 646 g/mol. The highest BCUT2D eigenvalue weighted by atomic mass is 32.1. The largest absolute Gasteiger partial charge is 0.436 e. The summed E-state index contributed by atoms with van der Waals surface area (Å²) in [6.45, 7) is 0. The number of thiophene rings is 1. The molecule has 230 valence electrons. The summed E-state index contributed by atoms with van der Waals surface area (Å²) in [4.78, 5) is 10.7. The van der Waals surface area contributed by atoms with E-state index >= 15 is 0 Å². The van der Waals surface area contributed by atoms with Gasteiger partial charge in [-0.25, -0.2) is 9.97 Å². The van der Waals surface area contributed by atoms with Gasteiger partial charge in [-0.15, -0.1) is 11.3 Å². The molecule has 0 saturated carbocycles. The second-order valence-electron chi connectivity index (χ2n) is 12.9. The van der Waals surface area contributed by atoms with Gasteiger partial charge in [0.15, 0.2) is 5.82 Å². The molecule has 1 aliphatic rings. The predicted molar refractivity (Wildman–Crippen MR) is 206 cm³/mol. The summed E-state index contributed by atoms with van der Waals surface area (Å²) in [6, 6.07) is 43.6. The number of benzene rings is 6. The fourth-order valence-corrected chi connectivity index (χ4v) is 8.76. The number of furan rings is 1. The van der Waals surface area contributed by atoms with Crippen molar-refractivity contribution in [2.45, 2.75) is 12.8 Å². The van der Waals surface area contributed by atoms with Crippen molar-refractivity contribution < 1.29 is 4.42 Å². The Morgan fingerprint density at radius 2 is 1.37 bits per heavy atom. The van der Waals surface area contributed by atoms with Gasteiger partial charge in [0.1, 0.15) is 16.8 Å². The molecule has 0 amide bonds. The highest BCUT2D eigenvalue weighted by Crippen LogP contribution is 2.40. The fourth-order valence-electron chi connectivity index (χ4n) is 7.67. The van der Waals surface area contributed by atoms with Crippen LogP contribution < -0.4 is 0 Å². The van der Waals surface area contributed by atoms with Crippen molar-refractivity contribution in [2.24, 2.45) is 0 Å². The van der Waals surface area contributed by atoms with Gasteiger partial charge in [0.05, 0.1) is 11.0 Å². The van der Waals surface area contributed by atoms with Gasteiger partial charge in [-0.05, 0) is 88.8 Å². The highest BCUT2D eigenvalue weighted by molar-refractivity contribution is 7.25. The molecule has 10 aromatic rings. The van der Waals surface area contributed by atoms with Crippen LogP contribution in [-0.2, 0) is 0 Å². The lowest BCUT2D eigenvalue weighted by Gasteiger charge is -2.14. The number of para-hydroxylation sites is 1. The van der Waals surface area contributed by atoms with Crippen LogP contribution in [-0.4, -0.2) is 14.5 Å². The second-order valence-corrected chi connectivity index (χ2v) is 14.0. The van der Waals surface area contributed by atoms with E-state index in [2.05, 4.69) is 144 Å². The van der Waals surface area contributed by atoms with Gasteiger partial charge in [0, 0.05) is 36.3 Å². The molecule has 4 nitrogen and oxygen atoms in total. The molecule has 5 heteroatoms. The monoisotopic (exact) mass is 645 g/mol. The van der Waals surface area contributed by atoms with E-state index in [4.69, 9.17) is 14.4 Å². The van der Waals surface area contributed by atoms with E-state index in [0.29, 0.717) is 5.71 Å². The van der Waals surface area contributed by atoms with Crippen LogP contribution in [0.4, 0.5) is 0 Å². The molecule has 49 heavy (non-hydrogen) atoms. The standard InChI is InChI=1S/C44H27N3OS/c1-2-10-26(11-3-1)41-43(47-36-16-8-6-14-31(36)34-22-27-12-4-5-13-28(27)24-37(34)47)45-42-33-20-18-30(25-38(33)48-44(42)46-41)29-19-21-40-35(23-29)32-15-7-9-17-39(32)49-40/h2,4-25H,1,3H2. The van der Waals surface area contributed by atoms with Crippen LogP contribution in [0.25, 0.3) is 97.5 Å². The Morgan fingerprint density at radius 1 is 0.592 bits per heavy atom. The van der Waals surface area contributed by atoms with Crippen molar-refractivity contribution in [1.82, 2.24) is 14.5 Å². The van der Waals surface area contributed by atoms with Crippen molar-refractivity contribution in [3.8, 4) is 16.9 Å². The maximum Gasteiger partial charge on any atom is 0.247 e. The molecular formula is C44H27N3OS. The zero-order valence-electron chi connectivity index (χ0n) is 26.4. The third kappa shape index (κ3) is 4.03. The van der Waals surface area contributed by atoms with Crippen LogP contribution in [0.5, 0.6) is 0 Å². The molecule has 0 aliphatic heterocycles. The van der Waals surface area contributed by atoms with Gasteiger partial charge in [-0.1, -0.05) is 91.0 Å². The van der Waals surface area contributed by atoms with Crippen molar-refractivity contribution in [1.29, 1.82) is 0 Å². The van der Waals surface area contributed by atoms with Gasteiger partial charge >= 0.3 is 0 Å². The third-order valence-corrected chi connectivity index (χ3v) is 11.2. The van der Waals surface area contributed by atoms with E-state index < -0.39 is 0 Å². The molecule has 0 saturated heterocycles.